The van der Waals surface area contributed by atoms with E-state index < -0.39 is 5.91 Å². The highest BCUT2D eigenvalue weighted by molar-refractivity contribution is 6.06. The van der Waals surface area contributed by atoms with Crippen molar-refractivity contribution in [2.75, 3.05) is 19.0 Å². The maximum atomic E-state index is 12.0. The number of amides is 1. The first-order valence-corrected chi connectivity index (χ1v) is 6.86. The Labute approximate surface area is 125 Å². The van der Waals surface area contributed by atoms with E-state index in [9.17, 15) is 4.79 Å². The third kappa shape index (κ3) is 6.00. The lowest BCUT2D eigenvalue weighted by atomic mass is 10.1. The van der Waals surface area contributed by atoms with E-state index in [0.29, 0.717) is 17.4 Å². The molecule has 0 aliphatic heterocycles. The summed E-state index contributed by atoms with van der Waals surface area (Å²) >= 11 is 0. The van der Waals surface area contributed by atoms with Crippen LogP contribution >= 0.6 is 0 Å². The molecule has 0 heterocycles. The number of methoxy groups -OCH3 is 1. The molecular formula is C16H21N3O2. The van der Waals surface area contributed by atoms with Gasteiger partial charge in [-0.15, -0.1) is 0 Å². The lowest BCUT2D eigenvalue weighted by Gasteiger charge is -2.07. The van der Waals surface area contributed by atoms with Crippen molar-refractivity contribution in [3.63, 3.8) is 0 Å². The minimum absolute atomic E-state index is 0.0505. The molecule has 0 radical (unpaired) electrons. The minimum Gasteiger partial charge on any atom is -0.497 e. The summed E-state index contributed by atoms with van der Waals surface area (Å²) in [5.74, 6) is 0.851. The number of nitrogens with one attached hydrogen (secondary N) is 2. The Balaban J connectivity index is 2.58. The normalized spacial score (nSPS) is 10.9. The number of hydrogen-bond acceptors (Lipinski definition) is 4. The van der Waals surface area contributed by atoms with Crippen molar-refractivity contribution in [1.82, 2.24) is 5.32 Å². The number of nitriles is 1. The zero-order valence-electron chi connectivity index (χ0n) is 12.6. The number of carbonyl (C=O) groups is 1. The lowest BCUT2D eigenvalue weighted by molar-refractivity contribution is -0.112. The molecule has 5 nitrogen and oxygen atoms in total. The van der Waals surface area contributed by atoms with Crippen LogP contribution in [-0.4, -0.2) is 19.6 Å². The van der Waals surface area contributed by atoms with E-state index in [4.69, 9.17) is 10.00 Å². The van der Waals surface area contributed by atoms with Crippen molar-refractivity contribution in [3.8, 4) is 11.8 Å². The SMILES string of the molecule is COc1ccc(NC(=O)/C(C#N)=C\NCCC(C)C)cc1. The van der Waals surface area contributed by atoms with Crippen molar-refractivity contribution in [2.45, 2.75) is 20.3 Å². The van der Waals surface area contributed by atoms with E-state index in [1.165, 1.54) is 6.20 Å². The Hall–Kier alpha value is -2.48. The molecule has 0 fully saturated rings. The van der Waals surface area contributed by atoms with Gasteiger partial charge in [-0.25, -0.2) is 0 Å². The van der Waals surface area contributed by atoms with Gasteiger partial charge in [0.05, 0.1) is 7.11 Å². The quantitative estimate of drug-likeness (QED) is 0.459. The van der Waals surface area contributed by atoms with Gasteiger partial charge < -0.3 is 15.4 Å². The fraction of sp³-hybridized carbons (Fsp3) is 0.375. The molecule has 0 saturated heterocycles. The first kappa shape index (κ1) is 16.6. The fourth-order valence-corrected chi connectivity index (χ4v) is 1.57. The van der Waals surface area contributed by atoms with E-state index in [1.54, 1.807) is 31.4 Å². The van der Waals surface area contributed by atoms with E-state index in [0.717, 1.165) is 13.0 Å². The highest BCUT2D eigenvalue weighted by atomic mass is 16.5. The molecule has 0 unspecified atom stereocenters. The van der Waals surface area contributed by atoms with Crippen LogP contribution in [0.1, 0.15) is 20.3 Å². The Morgan fingerprint density at radius 3 is 2.57 bits per heavy atom. The molecule has 2 N–H and O–H groups in total. The van der Waals surface area contributed by atoms with E-state index in [1.807, 2.05) is 6.07 Å². The summed E-state index contributed by atoms with van der Waals surface area (Å²) in [5, 5.41) is 14.7. The van der Waals surface area contributed by atoms with Gasteiger partial charge in [0.15, 0.2) is 0 Å². The maximum absolute atomic E-state index is 12.0. The third-order valence-electron chi connectivity index (χ3n) is 2.83. The first-order valence-electron chi connectivity index (χ1n) is 6.86. The summed E-state index contributed by atoms with van der Waals surface area (Å²) in [4.78, 5) is 12.0. The number of anilines is 1. The van der Waals surface area contributed by atoms with Crippen LogP contribution in [-0.2, 0) is 4.79 Å². The second-order valence-electron chi connectivity index (χ2n) is 4.99. The third-order valence-corrected chi connectivity index (χ3v) is 2.83. The van der Waals surface area contributed by atoms with Crippen molar-refractivity contribution in [1.29, 1.82) is 5.26 Å². The van der Waals surface area contributed by atoms with E-state index in [2.05, 4.69) is 24.5 Å². The molecule has 0 aliphatic rings. The number of nitrogens with zero attached hydrogens (tertiary/aromatic N) is 1. The minimum atomic E-state index is -0.431. The van der Waals surface area contributed by atoms with Gasteiger partial charge in [-0.2, -0.15) is 5.26 Å². The number of ether oxygens (including phenoxy) is 1. The molecule has 21 heavy (non-hydrogen) atoms. The van der Waals surface area contributed by atoms with Gasteiger partial charge in [-0.1, -0.05) is 13.8 Å². The number of rotatable bonds is 7. The molecule has 1 rings (SSSR count). The Morgan fingerprint density at radius 1 is 1.38 bits per heavy atom. The van der Waals surface area contributed by atoms with Crippen LogP contribution in [0, 0.1) is 17.2 Å². The fourth-order valence-electron chi connectivity index (χ4n) is 1.57. The highest BCUT2D eigenvalue weighted by Crippen LogP contribution is 2.15. The molecule has 0 aliphatic carbocycles. The summed E-state index contributed by atoms with van der Waals surface area (Å²) in [6.07, 6.45) is 2.44. The molecular weight excluding hydrogens is 266 g/mol. The Bertz CT molecular complexity index is 527. The second kappa shape index (κ2) is 8.64. The number of hydrogen-bond donors (Lipinski definition) is 2. The van der Waals surface area contributed by atoms with Gasteiger partial charge in [0.2, 0.25) is 0 Å². The van der Waals surface area contributed by atoms with E-state index in [-0.39, 0.29) is 5.57 Å². The molecule has 0 spiro atoms. The Morgan fingerprint density at radius 2 is 2.05 bits per heavy atom. The van der Waals surface area contributed by atoms with Gasteiger partial charge in [-0.3, -0.25) is 4.79 Å². The average Bonchev–Trinajstić information content (AvgIpc) is 2.47. The highest BCUT2D eigenvalue weighted by Gasteiger charge is 2.09. The molecule has 0 saturated carbocycles. The summed E-state index contributed by atoms with van der Waals surface area (Å²) in [6, 6.07) is 8.82. The molecule has 112 valence electrons. The molecule has 0 aromatic heterocycles. The molecule has 1 amide bonds. The predicted molar refractivity (Wildman–Crippen MR) is 82.8 cm³/mol. The van der Waals surface area contributed by atoms with Crippen molar-refractivity contribution in [3.05, 3.63) is 36.0 Å². The molecule has 1 aromatic rings. The van der Waals surface area contributed by atoms with Crippen molar-refractivity contribution < 1.29 is 9.53 Å². The molecule has 0 bridgehead atoms. The smallest absolute Gasteiger partial charge is 0.267 e. The zero-order valence-corrected chi connectivity index (χ0v) is 12.6. The summed E-state index contributed by atoms with van der Waals surface area (Å²) in [7, 11) is 1.58. The van der Waals surface area contributed by atoms with Gasteiger partial charge in [0.25, 0.3) is 5.91 Å². The van der Waals surface area contributed by atoms with Crippen LogP contribution in [0.3, 0.4) is 0 Å². The molecule has 1 aromatic carbocycles. The summed E-state index contributed by atoms with van der Waals surface area (Å²) < 4.78 is 5.04. The van der Waals surface area contributed by atoms with Crippen LogP contribution in [0.25, 0.3) is 0 Å². The maximum Gasteiger partial charge on any atom is 0.267 e. The van der Waals surface area contributed by atoms with Crippen LogP contribution in [0.4, 0.5) is 5.69 Å². The first-order chi connectivity index (χ1) is 10.1. The standard InChI is InChI=1S/C16H21N3O2/c1-12(2)8-9-18-11-13(10-17)16(20)19-14-4-6-15(21-3)7-5-14/h4-7,11-12,18H,8-9H2,1-3H3,(H,19,20)/b13-11-. The van der Waals surface area contributed by atoms with Crippen LogP contribution in [0.5, 0.6) is 5.75 Å². The number of benzene rings is 1. The monoisotopic (exact) mass is 287 g/mol. The Kier molecular flexibility index (Phi) is 6.82. The second-order valence-corrected chi connectivity index (χ2v) is 4.99. The van der Waals surface area contributed by atoms with Crippen LogP contribution in [0.15, 0.2) is 36.0 Å². The predicted octanol–water partition coefficient (Wildman–Crippen LogP) is 2.68. The largest absolute Gasteiger partial charge is 0.497 e. The molecule has 0 atom stereocenters. The van der Waals surface area contributed by atoms with Crippen LogP contribution in [0.2, 0.25) is 0 Å². The summed E-state index contributed by atoms with van der Waals surface area (Å²) in [6.45, 7) is 4.97. The van der Waals surface area contributed by atoms with Gasteiger partial charge in [-0.05, 0) is 36.6 Å². The summed E-state index contributed by atoms with van der Waals surface area (Å²) in [5.41, 5.74) is 0.665. The number of carbonyl (C=O) groups excluding carboxylic acids is 1. The van der Waals surface area contributed by atoms with E-state index >= 15 is 0 Å². The zero-order chi connectivity index (χ0) is 15.7. The van der Waals surface area contributed by atoms with Crippen molar-refractivity contribution in [2.24, 2.45) is 5.92 Å². The van der Waals surface area contributed by atoms with Gasteiger partial charge in [0, 0.05) is 18.4 Å². The molecule has 5 heteroatoms. The van der Waals surface area contributed by atoms with Crippen LogP contribution < -0.4 is 15.4 Å². The topological polar surface area (TPSA) is 74.1 Å². The van der Waals surface area contributed by atoms with Gasteiger partial charge >= 0.3 is 0 Å². The van der Waals surface area contributed by atoms with Crippen molar-refractivity contribution >= 4 is 11.6 Å². The van der Waals surface area contributed by atoms with Gasteiger partial charge in [0.1, 0.15) is 17.4 Å². The average molecular weight is 287 g/mol. The lowest BCUT2D eigenvalue weighted by Crippen LogP contribution is -2.17.